The minimum absolute atomic E-state index is 0. The van der Waals surface area contributed by atoms with Crippen molar-refractivity contribution in [1.29, 1.82) is 0 Å². The molecule has 16 heavy (non-hydrogen) atoms. The van der Waals surface area contributed by atoms with Crippen molar-refractivity contribution in [2.24, 2.45) is 0 Å². The first-order chi connectivity index (χ1) is 7.31. The summed E-state index contributed by atoms with van der Waals surface area (Å²) in [5.41, 5.74) is 1.28. The molecule has 4 heteroatoms. The van der Waals surface area contributed by atoms with Crippen LogP contribution in [0.15, 0.2) is 22.7 Å². The number of halogens is 2. The van der Waals surface area contributed by atoms with Gasteiger partial charge in [-0.3, -0.25) is 0 Å². The third-order valence-corrected chi connectivity index (χ3v) is 3.37. The molecular formula is C12H17BrClNO. The van der Waals surface area contributed by atoms with E-state index in [1.807, 2.05) is 6.07 Å². The molecule has 0 amide bonds. The zero-order valence-electron chi connectivity index (χ0n) is 9.33. The molecule has 1 aromatic carbocycles. The fourth-order valence-corrected chi connectivity index (χ4v) is 2.43. The molecular weight excluding hydrogens is 289 g/mol. The number of benzene rings is 1. The monoisotopic (exact) mass is 305 g/mol. The first kappa shape index (κ1) is 13.8. The van der Waals surface area contributed by atoms with Crippen LogP contribution in [0.1, 0.15) is 30.9 Å². The molecule has 1 fully saturated rings. The molecule has 0 unspecified atom stereocenters. The number of methoxy groups -OCH3 is 1. The van der Waals surface area contributed by atoms with Crippen molar-refractivity contribution < 1.29 is 4.74 Å². The summed E-state index contributed by atoms with van der Waals surface area (Å²) in [4.78, 5) is 0. The first-order valence-corrected chi connectivity index (χ1v) is 6.17. The maximum Gasteiger partial charge on any atom is 0.124 e. The lowest BCUT2D eigenvalue weighted by Crippen LogP contribution is -2.27. The Hall–Kier alpha value is -0.250. The Balaban J connectivity index is 0.00000128. The summed E-state index contributed by atoms with van der Waals surface area (Å²) in [6.07, 6.45) is 3.80. The molecule has 2 nitrogen and oxygen atoms in total. The van der Waals surface area contributed by atoms with Crippen molar-refractivity contribution in [3.05, 3.63) is 28.2 Å². The smallest absolute Gasteiger partial charge is 0.124 e. The van der Waals surface area contributed by atoms with E-state index in [1.165, 1.54) is 24.8 Å². The largest absolute Gasteiger partial charge is 0.496 e. The minimum atomic E-state index is 0. The number of ether oxygens (including phenoxy) is 1. The van der Waals surface area contributed by atoms with Crippen LogP contribution >= 0.6 is 28.3 Å². The molecule has 0 aliphatic carbocycles. The summed E-state index contributed by atoms with van der Waals surface area (Å²) in [6, 6.07) is 6.72. The molecule has 90 valence electrons. The summed E-state index contributed by atoms with van der Waals surface area (Å²) in [6.45, 7) is 1.11. The van der Waals surface area contributed by atoms with E-state index in [9.17, 15) is 0 Å². The fourth-order valence-electron chi connectivity index (χ4n) is 2.09. The van der Waals surface area contributed by atoms with Gasteiger partial charge in [0.15, 0.2) is 0 Å². The van der Waals surface area contributed by atoms with Crippen LogP contribution in [0.2, 0.25) is 0 Å². The Labute approximate surface area is 111 Å². The van der Waals surface area contributed by atoms with E-state index in [1.54, 1.807) is 7.11 Å². The molecule has 1 saturated heterocycles. The highest BCUT2D eigenvalue weighted by atomic mass is 79.9. The van der Waals surface area contributed by atoms with Crippen LogP contribution < -0.4 is 10.1 Å². The molecule has 2 rings (SSSR count). The second kappa shape index (κ2) is 6.48. The predicted molar refractivity (Wildman–Crippen MR) is 72.5 cm³/mol. The van der Waals surface area contributed by atoms with Crippen LogP contribution in [0.4, 0.5) is 0 Å². The number of hydrogen-bond acceptors (Lipinski definition) is 2. The van der Waals surface area contributed by atoms with Crippen molar-refractivity contribution >= 4 is 28.3 Å². The summed E-state index contributed by atoms with van der Waals surface area (Å²) < 4.78 is 6.48. The van der Waals surface area contributed by atoms with Gasteiger partial charge in [0.1, 0.15) is 5.75 Å². The van der Waals surface area contributed by atoms with E-state index >= 15 is 0 Å². The Kier molecular flexibility index (Phi) is 5.59. The average Bonchev–Trinajstić information content (AvgIpc) is 2.30. The predicted octanol–water partition coefficient (Wildman–Crippen LogP) is 3.69. The van der Waals surface area contributed by atoms with Gasteiger partial charge in [-0.05, 0) is 31.5 Å². The van der Waals surface area contributed by atoms with Crippen LogP contribution in [-0.2, 0) is 0 Å². The number of hydrogen-bond donors (Lipinski definition) is 1. The van der Waals surface area contributed by atoms with Crippen LogP contribution in [0.25, 0.3) is 0 Å². The third kappa shape index (κ3) is 3.12. The third-order valence-electron chi connectivity index (χ3n) is 2.88. The maximum atomic E-state index is 5.41. The van der Waals surface area contributed by atoms with Gasteiger partial charge in [0.05, 0.1) is 7.11 Å². The standard InChI is InChI=1S/C12H16BrNO.ClH/c1-15-12-8-9(13)5-6-10(12)11-4-2-3-7-14-11;/h5-6,8,11,14H,2-4,7H2,1H3;1H/t11-;/m1./s1. The molecule has 0 bridgehead atoms. The summed E-state index contributed by atoms with van der Waals surface area (Å²) in [7, 11) is 1.73. The van der Waals surface area contributed by atoms with E-state index in [0.717, 1.165) is 16.8 Å². The maximum absolute atomic E-state index is 5.41. The van der Waals surface area contributed by atoms with Gasteiger partial charge in [-0.25, -0.2) is 0 Å². The molecule has 0 saturated carbocycles. The summed E-state index contributed by atoms with van der Waals surface area (Å²) >= 11 is 3.46. The topological polar surface area (TPSA) is 21.3 Å². The molecule has 1 aromatic rings. The highest BCUT2D eigenvalue weighted by Gasteiger charge is 2.18. The molecule has 1 aliphatic rings. The van der Waals surface area contributed by atoms with Crippen LogP contribution in [0.3, 0.4) is 0 Å². The van der Waals surface area contributed by atoms with Gasteiger partial charge in [-0.1, -0.05) is 28.4 Å². The number of piperidine rings is 1. The van der Waals surface area contributed by atoms with Crippen LogP contribution in [0.5, 0.6) is 5.75 Å². The second-order valence-corrected chi connectivity index (χ2v) is 4.80. The Morgan fingerprint density at radius 1 is 1.38 bits per heavy atom. The lowest BCUT2D eigenvalue weighted by atomic mass is 9.97. The minimum Gasteiger partial charge on any atom is -0.496 e. The lowest BCUT2D eigenvalue weighted by molar-refractivity contribution is 0.373. The van der Waals surface area contributed by atoms with Gasteiger partial charge < -0.3 is 10.1 Å². The average molecular weight is 307 g/mol. The Bertz CT molecular complexity index is 340. The van der Waals surface area contributed by atoms with Crippen molar-refractivity contribution in [3.8, 4) is 5.75 Å². The van der Waals surface area contributed by atoms with E-state index in [4.69, 9.17) is 4.74 Å². The van der Waals surface area contributed by atoms with E-state index < -0.39 is 0 Å². The van der Waals surface area contributed by atoms with E-state index in [2.05, 4.69) is 33.4 Å². The molecule has 1 aliphatic heterocycles. The zero-order chi connectivity index (χ0) is 10.7. The normalized spacial score (nSPS) is 20.0. The molecule has 0 spiro atoms. The molecule has 0 radical (unpaired) electrons. The Morgan fingerprint density at radius 2 is 2.19 bits per heavy atom. The van der Waals surface area contributed by atoms with Crippen molar-refractivity contribution in [2.45, 2.75) is 25.3 Å². The van der Waals surface area contributed by atoms with Crippen LogP contribution in [-0.4, -0.2) is 13.7 Å². The van der Waals surface area contributed by atoms with Gasteiger partial charge in [-0.2, -0.15) is 0 Å². The lowest BCUT2D eigenvalue weighted by Gasteiger charge is -2.25. The molecule has 1 heterocycles. The van der Waals surface area contributed by atoms with Crippen LogP contribution in [0, 0.1) is 0 Å². The molecule has 1 atom stereocenters. The van der Waals surface area contributed by atoms with Gasteiger partial charge >= 0.3 is 0 Å². The van der Waals surface area contributed by atoms with Gasteiger partial charge in [0.2, 0.25) is 0 Å². The fraction of sp³-hybridized carbons (Fsp3) is 0.500. The van der Waals surface area contributed by atoms with Gasteiger partial charge in [-0.15, -0.1) is 12.4 Å². The first-order valence-electron chi connectivity index (χ1n) is 5.38. The Morgan fingerprint density at radius 3 is 2.81 bits per heavy atom. The summed E-state index contributed by atoms with van der Waals surface area (Å²) in [5.74, 6) is 0.976. The second-order valence-electron chi connectivity index (χ2n) is 3.89. The van der Waals surface area contributed by atoms with Crippen molar-refractivity contribution in [3.63, 3.8) is 0 Å². The molecule has 1 N–H and O–H groups in total. The number of rotatable bonds is 2. The van der Waals surface area contributed by atoms with Crippen molar-refractivity contribution in [2.75, 3.05) is 13.7 Å². The number of nitrogens with one attached hydrogen (secondary N) is 1. The SMILES string of the molecule is COc1cc(Br)ccc1[C@H]1CCCCN1.Cl. The summed E-state index contributed by atoms with van der Waals surface area (Å²) in [5, 5.41) is 3.53. The zero-order valence-corrected chi connectivity index (χ0v) is 11.7. The van der Waals surface area contributed by atoms with E-state index in [-0.39, 0.29) is 12.4 Å². The van der Waals surface area contributed by atoms with Gasteiger partial charge in [0.25, 0.3) is 0 Å². The highest BCUT2D eigenvalue weighted by molar-refractivity contribution is 9.10. The van der Waals surface area contributed by atoms with E-state index in [0.29, 0.717) is 6.04 Å². The molecule has 0 aromatic heterocycles. The van der Waals surface area contributed by atoms with Gasteiger partial charge in [0, 0.05) is 16.1 Å². The van der Waals surface area contributed by atoms with Crippen molar-refractivity contribution in [1.82, 2.24) is 5.32 Å². The highest BCUT2D eigenvalue weighted by Crippen LogP contribution is 2.32. The quantitative estimate of drug-likeness (QED) is 0.899.